The Morgan fingerprint density at radius 1 is 0.550 bits per heavy atom. The Bertz CT molecular complexity index is 3590. The average Bonchev–Trinajstić information content (AvgIpc) is 4.00. The third-order valence-electron chi connectivity index (χ3n) is 12.9. The first-order valence-corrected chi connectivity index (χ1v) is 20.7. The van der Waals surface area contributed by atoms with Gasteiger partial charge in [-0.2, -0.15) is 0 Å². The van der Waals surface area contributed by atoms with E-state index >= 15 is 0 Å². The molecule has 3 heteroatoms. The number of para-hydroxylation sites is 3. The van der Waals surface area contributed by atoms with Gasteiger partial charge in [-0.15, -0.1) is 0 Å². The topological polar surface area (TPSA) is 20.8 Å². The highest BCUT2D eigenvalue weighted by Gasteiger charge is 2.35. The number of anilines is 2. The zero-order valence-corrected chi connectivity index (χ0v) is 33.5. The zero-order valence-electron chi connectivity index (χ0n) is 33.5. The van der Waals surface area contributed by atoms with Gasteiger partial charge in [0, 0.05) is 54.8 Å². The summed E-state index contributed by atoms with van der Waals surface area (Å²) < 4.78 is 8.64. The summed E-state index contributed by atoms with van der Waals surface area (Å²) in [5.41, 5.74) is 17.3. The van der Waals surface area contributed by atoms with Crippen LogP contribution in [0.25, 0.3) is 88.4 Å². The Morgan fingerprint density at radius 2 is 1.23 bits per heavy atom. The van der Waals surface area contributed by atoms with Crippen molar-refractivity contribution < 1.29 is 4.42 Å². The first kappa shape index (κ1) is 34.4. The zero-order chi connectivity index (χ0) is 40.1. The maximum absolute atomic E-state index is 6.20. The van der Waals surface area contributed by atoms with Crippen LogP contribution in [-0.4, -0.2) is 4.40 Å². The van der Waals surface area contributed by atoms with Crippen molar-refractivity contribution in [2.75, 3.05) is 4.90 Å². The Kier molecular flexibility index (Phi) is 7.43. The summed E-state index contributed by atoms with van der Waals surface area (Å²) in [5.74, 6) is 0. The highest BCUT2D eigenvalue weighted by atomic mass is 16.3. The fourth-order valence-corrected chi connectivity index (χ4v) is 10.0. The molecule has 8 aromatic carbocycles. The minimum atomic E-state index is -0.129. The molecular formula is C57H40N2O. The Labute approximate surface area is 348 Å². The normalized spacial score (nSPS) is 13.7. The number of benzene rings is 8. The van der Waals surface area contributed by atoms with Crippen molar-refractivity contribution in [2.45, 2.75) is 19.3 Å². The van der Waals surface area contributed by atoms with E-state index < -0.39 is 0 Å². The summed E-state index contributed by atoms with van der Waals surface area (Å²) in [6.45, 7) is 9.01. The van der Waals surface area contributed by atoms with Crippen LogP contribution in [-0.2, 0) is 5.41 Å². The molecule has 0 amide bonds. The molecule has 0 unspecified atom stereocenters. The van der Waals surface area contributed by atoms with Crippen molar-refractivity contribution in [1.29, 1.82) is 0 Å². The van der Waals surface area contributed by atoms with Crippen LogP contribution in [0, 0.1) is 0 Å². The smallest absolute Gasteiger partial charge is 0.136 e. The molecular weight excluding hydrogens is 729 g/mol. The molecule has 1 aliphatic carbocycles. The van der Waals surface area contributed by atoms with Crippen LogP contribution in [0.15, 0.2) is 205 Å². The highest BCUT2D eigenvalue weighted by Crippen LogP contribution is 2.50. The summed E-state index contributed by atoms with van der Waals surface area (Å²) in [5, 5.41) is 7.43. The minimum absolute atomic E-state index is 0.129. The van der Waals surface area contributed by atoms with Gasteiger partial charge < -0.3 is 13.7 Å². The van der Waals surface area contributed by atoms with Crippen LogP contribution >= 0.6 is 0 Å². The average molecular weight is 769 g/mol. The number of allylic oxidation sites excluding steroid dienone is 3. The Balaban J connectivity index is 0.947. The SMILES string of the molecule is C=C/C(=C\C=C\c1ccc2c(c1)oc1ccccc12)N(c1ccc(-c2ccc3c(c2)c2cccc4c5ccccc5n3c42)cc1)c1ccc2c(c1)C(C)(C)c1ccccc1-2. The van der Waals surface area contributed by atoms with Crippen LogP contribution in [0.2, 0.25) is 0 Å². The van der Waals surface area contributed by atoms with E-state index in [2.05, 4.69) is 206 Å². The van der Waals surface area contributed by atoms with Gasteiger partial charge in [0.2, 0.25) is 0 Å². The first-order valence-electron chi connectivity index (χ1n) is 20.7. The summed E-state index contributed by atoms with van der Waals surface area (Å²) in [6, 6.07) is 61.7. The molecule has 284 valence electrons. The molecule has 0 spiro atoms. The molecule has 0 saturated carbocycles. The van der Waals surface area contributed by atoms with Gasteiger partial charge in [-0.1, -0.05) is 142 Å². The summed E-state index contributed by atoms with van der Waals surface area (Å²) in [6.07, 6.45) is 8.35. The second-order valence-corrected chi connectivity index (χ2v) is 16.6. The molecule has 0 fully saturated rings. The lowest BCUT2D eigenvalue weighted by Gasteiger charge is -2.29. The van der Waals surface area contributed by atoms with Crippen molar-refractivity contribution in [3.05, 3.63) is 217 Å². The van der Waals surface area contributed by atoms with E-state index in [0.717, 1.165) is 44.6 Å². The summed E-state index contributed by atoms with van der Waals surface area (Å²) >= 11 is 0. The van der Waals surface area contributed by atoms with E-state index in [9.17, 15) is 0 Å². The van der Waals surface area contributed by atoms with Crippen LogP contribution in [0.5, 0.6) is 0 Å². The maximum atomic E-state index is 6.20. The third kappa shape index (κ3) is 5.02. The van der Waals surface area contributed by atoms with Gasteiger partial charge in [-0.25, -0.2) is 0 Å². The Hall–Kier alpha value is -7.62. The number of nitrogens with zero attached hydrogens (tertiary/aromatic N) is 2. The number of aromatic nitrogens is 1. The lowest BCUT2D eigenvalue weighted by atomic mass is 9.82. The predicted octanol–water partition coefficient (Wildman–Crippen LogP) is 15.6. The molecule has 0 N–H and O–H groups in total. The van der Waals surface area contributed by atoms with Gasteiger partial charge in [0.15, 0.2) is 0 Å². The second-order valence-electron chi connectivity index (χ2n) is 16.6. The molecule has 1 aliphatic rings. The largest absolute Gasteiger partial charge is 0.456 e. The van der Waals surface area contributed by atoms with E-state index in [0.29, 0.717) is 0 Å². The molecule has 60 heavy (non-hydrogen) atoms. The van der Waals surface area contributed by atoms with Gasteiger partial charge >= 0.3 is 0 Å². The van der Waals surface area contributed by atoms with Crippen molar-refractivity contribution in [3.8, 4) is 22.3 Å². The Morgan fingerprint density at radius 3 is 2.10 bits per heavy atom. The lowest BCUT2D eigenvalue weighted by Crippen LogP contribution is -2.18. The molecule has 0 bridgehead atoms. The first-order chi connectivity index (χ1) is 29.5. The fraction of sp³-hybridized carbons (Fsp3) is 0.0526. The molecule has 12 rings (SSSR count). The number of rotatable bonds is 7. The standard InChI is InChI=1S/C57H40N2O/c1-4-39(14-11-13-36-23-30-46-45-17-7-10-22-54(45)60-55(46)33-36)58(41-29-31-43-42-15-5-8-20-50(42)57(2,3)51(43)35-41)40-27-24-37(25-28-40)38-26-32-53-49(34-38)48-19-12-18-47-44-16-6-9-21-52(44)59(53)56(47)48/h4-35H,1H2,2-3H3/b13-11+,39-14+. The fourth-order valence-electron chi connectivity index (χ4n) is 10.0. The molecule has 0 saturated heterocycles. The van der Waals surface area contributed by atoms with E-state index in [4.69, 9.17) is 4.42 Å². The van der Waals surface area contributed by atoms with Gasteiger partial charge in [0.1, 0.15) is 11.2 Å². The third-order valence-corrected chi connectivity index (χ3v) is 12.9. The molecule has 0 atom stereocenters. The van der Waals surface area contributed by atoms with E-state index in [1.54, 1.807) is 0 Å². The van der Waals surface area contributed by atoms with Crippen molar-refractivity contribution in [1.82, 2.24) is 4.40 Å². The monoisotopic (exact) mass is 768 g/mol. The molecule has 0 aliphatic heterocycles. The van der Waals surface area contributed by atoms with E-state index in [1.807, 2.05) is 18.2 Å². The molecule has 3 nitrogen and oxygen atoms in total. The van der Waals surface area contributed by atoms with Gasteiger partial charge in [-0.05, 0) is 112 Å². The second kappa shape index (κ2) is 12.9. The van der Waals surface area contributed by atoms with Gasteiger partial charge in [0.05, 0.1) is 16.6 Å². The van der Waals surface area contributed by atoms with Crippen LogP contribution in [0.1, 0.15) is 30.5 Å². The summed E-state index contributed by atoms with van der Waals surface area (Å²) in [4.78, 5) is 2.32. The predicted molar refractivity (Wildman–Crippen MR) is 254 cm³/mol. The van der Waals surface area contributed by atoms with Crippen molar-refractivity contribution >= 4 is 77.5 Å². The number of hydrogen-bond donors (Lipinski definition) is 0. The lowest BCUT2D eigenvalue weighted by molar-refractivity contribution is 0.660. The van der Waals surface area contributed by atoms with Crippen LogP contribution in [0.3, 0.4) is 0 Å². The van der Waals surface area contributed by atoms with E-state index in [1.165, 1.54) is 71.5 Å². The molecule has 0 radical (unpaired) electrons. The molecule has 3 aromatic heterocycles. The van der Waals surface area contributed by atoms with Gasteiger partial charge in [-0.3, -0.25) is 0 Å². The minimum Gasteiger partial charge on any atom is -0.456 e. The van der Waals surface area contributed by atoms with Gasteiger partial charge in [0.25, 0.3) is 0 Å². The van der Waals surface area contributed by atoms with Crippen LogP contribution in [0.4, 0.5) is 11.4 Å². The number of furan rings is 1. The summed E-state index contributed by atoms with van der Waals surface area (Å²) in [7, 11) is 0. The molecule has 3 heterocycles. The maximum Gasteiger partial charge on any atom is 0.136 e. The van der Waals surface area contributed by atoms with E-state index in [-0.39, 0.29) is 5.41 Å². The highest BCUT2D eigenvalue weighted by molar-refractivity contribution is 6.23. The number of fused-ring (bicyclic) bond motifs is 12. The van der Waals surface area contributed by atoms with Crippen molar-refractivity contribution in [2.24, 2.45) is 0 Å². The van der Waals surface area contributed by atoms with Crippen LogP contribution < -0.4 is 4.90 Å². The van der Waals surface area contributed by atoms with Crippen molar-refractivity contribution in [3.63, 3.8) is 0 Å². The number of hydrogen-bond acceptors (Lipinski definition) is 2. The quantitative estimate of drug-likeness (QED) is 0.151. The molecule has 11 aromatic rings.